The number of aliphatic hydroxyl groups excluding tert-OH is 3. The van der Waals surface area contributed by atoms with Crippen molar-refractivity contribution in [1.82, 2.24) is 31.5 Å². The van der Waals surface area contributed by atoms with Gasteiger partial charge in [-0.05, 0) is 51.0 Å². The van der Waals surface area contributed by atoms with E-state index in [1.165, 1.54) is 37.3 Å². The van der Waals surface area contributed by atoms with E-state index >= 15 is 0 Å². The van der Waals surface area contributed by atoms with E-state index in [2.05, 4.69) is 36.6 Å². The lowest BCUT2D eigenvalue weighted by atomic mass is 9.71. The van der Waals surface area contributed by atoms with Crippen LogP contribution in [0.5, 0.6) is 11.5 Å². The number of aromatic hydroxyl groups is 2. The van der Waals surface area contributed by atoms with E-state index in [9.17, 15) is 83.4 Å². The van der Waals surface area contributed by atoms with Crippen molar-refractivity contribution >= 4 is 76.4 Å². The molecule has 4 aliphatic rings. The van der Waals surface area contributed by atoms with Crippen LogP contribution in [0.1, 0.15) is 139 Å². The molecule has 19 N–H and O–H groups in total. The number of phenols is 2. The first kappa shape index (κ1) is 67.4. The molecule has 8 atom stereocenters. The molecule has 0 radical (unpaired) electrons. The van der Waals surface area contributed by atoms with Crippen LogP contribution in [-0.2, 0) is 65.7 Å². The van der Waals surface area contributed by atoms with Crippen LogP contribution in [0, 0.1) is 0 Å². The Morgan fingerprint density at radius 1 is 0.759 bits per heavy atom. The second-order valence-corrected chi connectivity index (χ2v) is 21.4. The van der Waals surface area contributed by atoms with Crippen molar-refractivity contribution in [2.45, 2.75) is 145 Å². The number of imide groups is 1. The zero-order valence-corrected chi connectivity index (χ0v) is 47.7. The monoisotopic (exact) mass is 1220 g/mol. The molecular weight excluding hydrogens is 1140 g/mol. The third-order valence-electron chi connectivity index (χ3n) is 15.1. The lowest BCUT2D eigenvalue weighted by Crippen LogP contribution is -2.60. The van der Waals surface area contributed by atoms with Gasteiger partial charge in [0.15, 0.2) is 41.3 Å². The molecule has 2 heterocycles. The smallest absolute Gasteiger partial charge is 0.253 e. The molecule has 0 bridgehead atoms. The second-order valence-electron chi connectivity index (χ2n) is 21.4. The number of nitrogens with zero attached hydrogens (tertiary/aromatic N) is 3. The number of aliphatic hydroxyl groups is 4. The van der Waals surface area contributed by atoms with E-state index < -0.39 is 174 Å². The molecule has 0 spiro atoms. The first-order valence-electron chi connectivity index (χ1n) is 28.2. The Balaban J connectivity index is 1.11. The third-order valence-corrected chi connectivity index (χ3v) is 15.1. The van der Waals surface area contributed by atoms with Crippen LogP contribution < -0.4 is 49.5 Å². The molecule has 7 amide bonds. The summed E-state index contributed by atoms with van der Waals surface area (Å²) in [5, 5.41) is 79.6. The summed E-state index contributed by atoms with van der Waals surface area (Å²) in [6.07, 6.45) is -4.48. The van der Waals surface area contributed by atoms with Crippen LogP contribution >= 0.6 is 0 Å². The number of nitrogens with one attached hydrogen (secondary N) is 5. The number of nitrogens with two attached hydrogens (primary N) is 4. The van der Waals surface area contributed by atoms with Crippen molar-refractivity contribution in [3.63, 3.8) is 0 Å². The number of guanidine groups is 2. The topological polar surface area (TPSA) is 520 Å². The highest BCUT2D eigenvalue weighted by Crippen LogP contribution is 2.52. The minimum absolute atomic E-state index is 0.00619. The Morgan fingerprint density at radius 2 is 1.38 bits per heavy atom. The molecule has 1 fully saturated rings. The highest BCUT2D eigenvalue weighted by molar-refractivity contribution is 6.31. The van der Waals surface area contributed by atoms with Crippen molar-refractivity contribution in [2.24, 2.45) is 32.9 Å². The first-order valence-corrected chi connectivity index (χ1v) is 28.2. The Hall–Kier alpha value is -8.75. The molecule has 0 aromatic heterocycles. The third kappa shape index (κ3) is 17.2. The van der Waals surface area contributed by atoms with Crippen LogP contribution in [0.3, 0.4) is 0 Å². The van der Waals surface area contributed by atoms with E-state index in [0.29, 0.717) is 19.3 Å². The molecule has 31 heteroatoms. The maximum Gasteiger partial charge on any atom is 0.253 e. The van der Waals surface area contributed by atoms with Crippen LogP contribution in [0.2, 0.25) is 0 Å². The van der Waals surface area contributed by atoms with E-state index in [0.717, 1.165) is 4.90 Å². The number of unbranched alkanes of at least 4 members (excludes halogenated alkanes) is 2. The fourth-order valence-electron chi connectivity index (χ4n) is 10.5. The summed E-state index contributed by atoms with van der Waals surface area (Å²) in [6.45, 7) is -1.26. The maximum absolute atomic E-state index is 14.4. The first-order chi connectivity index (χ1) is 41.3. The van der Waals surface area contributed by atoms with Gasteiger partial charge in [0, 0.05) is 92.6 Å². The van der Waals surface area contributed by atoms with Crippen molar-refractivity contribution in [1.29, 1.82) is 0 Å². The minimum Gasteiger partial charge on any atom is -0.507 e. The number of Topliss-reactive ketones (excluding diaryl/α,β-unsaturated/α-hetero) is 2. The van der Waals surface area contributed by atoms with E-state index in [1.54, 1.807) is 0 Å². The van der Waals surface area contributed by atoms with E-state index in [1.807, 2.05) is 0 Å². The molecule has 2 aliphatic carbocycles. The summed E-state index contributed by atoms with van der Waals surface area (Å²) in [7, 11) is 0. The van der Waals surface area contributed by atoms with Crippen LogP contribution in [-0.4, -0.2) is 193 Å². The van der Waals surface area contributed by atoms with Gasteiger partial charge in [0.2, 0.25) is 29.5 Å². The molecule has 472 valence electrons. The van der Waals surface area contributed by atoms with Crippen LogP contribution in [0.15, 0.2) is 40.3 Å². The highest BCUT2D eigenvalue weighted by Gasteiger charge is 2.50. The summed E-state index contributed by atoms with van der Waals surface area (Å²) in [4.78, 5) is 153. The molecule has 2 aliphatic heterocycles. The standard InChI is InChI=1S/C56H74N12O19/c1-27-47(78)34(20-42(86-27)87-35-22-56(85,36(72)26-70)21-31-44(35)51(82)46-45(49(31)80)48(79)30-9-5-8-28(25-69)43(30)50(46)81)67-53(84)33(11-7-18-62-55(59)60)66-52(83)32(10-6-17-61-54(57)58)65-39(75)24-64-38(74)14-13-29(71)23-63-37(73)12-3-2-4-19-68-40(76)15-16-41(68)77/h5,8-9,15-16,27,32-35,42,47,69-70,78,80,82,85H,2-4,6-7,10-14,17-26H2,1H3,(H,63,73)(H,64,74)(H,65,75)(H,66,83)(H,67,84)(H4,57,58,61)(H4,59,60,62)/t27-,32?,33?,34-,35-,42-,47+,56-/m1/s1. The number of carbonyl (C=O) groups excluding carboxylic acids is 11. The Morgan fingerprint density at radius 3 is 2.01 bits per heavy atom. The number of hydrogen-bond acceptors (Lipinski definition) is 21. The van der Waals surface area contributed by atoms with Gasteiger partial charge in [-0.25, -0.2) is 0 Å². The largest absolute Gasteiger partial charge is 0.507 e. The van der Waals surface area contributed by atoms with Gasteiger partial charge in [0.25, 0.3) is 11.8 Å². The molecule has 87 heavy (non-hydrogen) atoms. The van der Waals surface area contributed by atoms with E-state index in [-0.39, 0.29) is 111 Å². The predicted octanol–water partition coefficient (Wildman–Crippen LogP) is -4.21. The number of benzene rings is 2. The van der Waals surface area contributed by atoms with Crippen molar-refractivity contribution < 1.29 is 92.9 Å². The zero-order chi connectivity index (χ0) is 63.9. The van der Waals surface area contributed by atoms with Gasteiger partial charge in [0.1, 0.15) is 41.9 Å². The van der Waals surface area contributed by atoms with Gasteiger partial charge >= 0.3 is 0 Å². The number of rotatable bonds is 31. The quantitative estimate of drug-likeness (QED) is 0.00954. The Bertz CT molecular complexity index is 3090. The predicted molar refractivity (Wildman–Crippen MR) is 303 cm³/mol. The van der Waals surface area contributed by atoms with Gasteiger partial charge < -0.3 is 89.6 Å². The average Bonchev–Trinajstić information content (AvgIpc) is 0.972. The number of amides is 7. The minimum atomic E-state index is -2.50. The van der Waals surface area contributed by atoms with Gasteiger partial charge in [-0.1, -0.05) is 24.6 Å². The summed E-state index contributed by atoms with van der Waals surface area (Å²) in [5.41, 5.74) is 17.1. The Kier molecular flexibility index (Phi) is 23.7. The molecule has 2 unspecified atom stereocenters. The number of ether oxygens (including phenoxy) is 2. The van der Waals surface area contributed by atoms with Gasteiger partial charge in [-0.15, -0.1) is 0 Å². The number of hydrogen-bond donors (Lipinski definition) is 15. The molecular formula is C56H74N12O19. The number of carbonyl (C=O) groups is 11. The fourth-order valence-corrected chi connectivity index (χ4v) is 10.5. The number of ketones is 4. The van der Waals surface area contributed by atoms with Crippen LogP contribution in [0.25, 0.3) is 0 Å². The number of aliphatic imine (C=N–C) groups is 2. The summed E-state index contributed by atoms with van der Waals surface area (Å²) in [5.74, 6) is -10.3. The summed E-state index contributed by atoms with van der Waals surface area (Å²) in [6, 6.07) is -0.0273. The molecule has 31 nitrogen and oxygen atoms in total. The lowest BCUT2D eigenvalue weighted by molar-refractivity contribution is -0.249. The normalized spacial score (nSPS) is 20.9. The maximum atomic E-state index is 14.4. The van der Waals surface area contributed by atoms with E-state index in [4.69, 9.17) is 32.4 Å². The molecule has 2 aromatic rings. The highest BCUT2D eigenvalue weighted by atomic mass is 16.7. The molecule has 0 saturated carbocycles. The molecule has 2 aromatic carbocycles. The summed E-state index contributed by atoms with van der Waals surface area (Å²) >= 11 is 0. The van der Waals surface area contributed by atoms with Gasteiger partial charge in [-0.3, -0.25) is 67.6 Å². The summed E-state index contributed by atoms with van der Waals surface area (Å²) < 4.78 is 12.3. The second kappa shape index (κ2) is 30.6. The molecule has 6 rings (SSSR count). The fraction of sp³-hybridized carbons (Fsp3) is 0.518. The lowest BCUT2D eigenvalue weighted by Gasteiger charge is -2.43. The van der Waals surface area contributed by atoms with Crippen LogP contribution in [0.4, 0.5) is 0 Å². The Labute approximate surface area is 497 Å². The van der Waals surface area contributed by atoms with Crippen molar-refractivity contribution in [2.75, 3.05) is 39.3 Å². The number of fused-ring (bicyclic) bond motifs is 3. The van der Waals surface area contributed by atoms with Gasteiger partial charge in [0.05, 0.1) is 49.1 Å². The molecule has 1 saturated heterocycles. The van der Waals surface area contributed by atoms with Gasteiger partial charge in [-0.2, -0.15) is 0 Å². The van der Waals surface area contributed by atoms with Crippen molar-refractivity contribution in [3.05, 3.63) is 69.3 Å². The zero-order valence-electron chi connectivity index (χ0n) is 47.7. The SMILES string of the molecule is C[C@H]1O[C@H](O[C@@H]2C[C@@](O)(C(=O)CO)Cc3c(O)c4c(c(O)c32)C(=O)c2c(CO)cccc2C4=O)C[C@@H](NC(=O)C(CCCN=C(N)N)NC(=O)C(CCCN=C(N)N)NC(=O)CNC(=O)CCC(=O)CNC(=O)CCCCCN2C(=O)C=CC2=O)[C@H]1O. The van der Waals surface area contributed by atoms with Crippen molar-refractivity contribution in [3.8, 4) is 11.5 Å². The number of phenolic OH excluding ortho intramolecular Hbond substituents is 2. The average molecular weight is 1220 g/mol.